The van der Waals surface area contributed by atoms with Gasteiger partial charge in [-0.3, -0.25) is 9.48 Å². The van der Waals surface area contributed by atoms with Gasteiger partial charge in [0.1, 0.15) is 0 Å². The molecule has 76 valence electrons. The SMILES string of the molecule is COC(=O)C(=O)NCc1cnn(C)c1. The third-order valence-electron chi connectivity index (χ3n) is 1.58. The molecular weight excluding hydrogens is 186 g/mol. The lowest BCUT2D eigenvalue weighted by molar-refractivity contribution is -0.152. The molecule has 1 aromatic rings. The van der Waals surface area contributed by atoms with Crippen molar-refractivity contribution in [2.75, 3.05) is 7.11 Å². The molecule has 0 saturated heterocycles. The molecule has 0 fully saturated rings. The second kappa shape index (κ2) is 4.40. The highest BCUT2D eigenvalue weighted by molar-refractivity contribution is 6.32. The molecule has 6 nitrogen and oxygen atoms in total. The normalized spacial score (nSPS) is 9.57. The summed E-state index contributed by atoms with van der Waals surface area (Å²) in [5, 5.41) is 6.30. The summed E-state index contributed by atoms with van der Waals surface area (Å²) in [6.45, 7) is 0.266. The molecule has 0 aliphatic carbocycles. The Morgan fingerprint density at radius 2 is 2.36 bits per heavy atom. The van der Waals surface area contributed by atoms with Crippen LogP contribution in [0.2, 0.25) is 0 Å². The number of hydrogen-bond acceptors (Lipinski definition) is 4. The van der Waals surface area contributed by atoms with Crippen LogP contribution in [0.25, 0.3) is 0 Å². The molecule has 0 atom stereocenters. The van der Waals surface area contributed by atoms with Gasteiger partial charge in [0, 0.05) is 25.4 Å². The number of ether oxygens (including phenoxy) is 1. The highest BCUT2D eigenvalue weighted by atomic mass is 16.5. The Morgan fingerprint density at radius 1 is 1.64 bits per heavy atom. The van der Waals surface area contributed by atoms with Crippen LogP contribution in [0.4, 0.5) is 0 Å². The second-order valence-corrected chi connectivity index (χ2v) is 2.70. The first kappa shape index (κ1) is 10.2. The number of aryl methyl sites for hydroxylation is 1. The van der Waals surface area contributed by atoms with Crippen molar-refractivity contribution in [3.8, 4) is 0 Å². The molecular formula is C8H11N3O3. The molecule has 1 rings (SSSR count). The Hall–Kier alpha value is -1.85. The summed E-state index contributed by atoms with van der Waals surface area (Å²) >= 11 is 0. The number of rotatable bonds is 2. The number of amides is 1. The van der Waals surface area contributed by atoms with Gasteiger partial charge < -0.3 is 10.1 Å². The Labute approximate surface area is 80.8 Å². The zero-order valence-corrected chi connectivity index (χ0v) is 7.98. The number of esters is 1. The zero-order chi connectivity index (χ0) is 10.6. The summed E-state index contributed by atoms with van der Waals surface area (Å²) < 4.78 is 5.84. The van der Waals surface area contributed by atoms with Gasteiger partial charge in [-0.1, -0.05) is 0 Å². The maximum absolute atomic E-state index is 10.9. The molecule has 1 aromatic heterocycles. The minimum absolute atomic E-state index is 0.266. The Morgan fingerprint density at radius 3 is 2.86 bits per heavy atom. The highest BCUT2D eigenvalue weighted by Gasteiger charge is 2.12. The third kappa shape index (κ3) is 2.58. The van der Waals surface area contributed by atoms with E-state index in [1.807, 2.05) is 0 Å². The average Bonchev–Trinajstić information content (AvgIpc) is 2.59. The van der Waals surface area contributed by atoms with Crippen LogP contribution in [0.5, 0.6) is 0 Å². The van der Waals surface area contributed by atoms with Gasteiger partial charge in [-0.25, -0.2) is 4.79 Å². The van der Waals surface area contributed by atoms with E-state index in [9.17, 15) is 9.59 Å². The van der Waals surface area contributed by atoms with Crippen molar-refractivity contribution in [2.45, 2.75) is 6.54 Å². The van der Waals surface area contributed by atoms with E-state index in [0.29, 0.717) is 0 Å². The number of nitrogens with one attached hydrogen (secondary N) is 1. The van der Waals surface area contributed by atoms with Gasteiger partial charge in [0.2, 0.25) is 0 Å². The Bertz CT molecular complexity index is 345. The van der Waals surface area contributed by atoms with E-state index in [-0.39, 0.29) is 6.54 Å². The fraction of sp³-hybridized carbons (Fsp3) is 0.375. The second-order valence-electron chi connectivity index (χ2n) is 2.70. The maximum atomic E-state index is 10.9. The zero-order valence-electron chi connectivity index (χ0n) is 7.98. The standard InChI is InChI=1S/C8H11N3O3/c1-11-5-6(4-10-11)3-9-7(12)8(13)14-2/h4-5H,3H2,1-2H3,(H,9,12). The third-order valence-corrected chi connectivity index (χ3v) is 1.58. The van der Waals surface area contributed by atoms with E-state index < -0.39 is 11.9 Å². The smallest absolute Gasteiger partial charge is 0.396 e. The maximum Gasteiger partial charge on any atom is 0.396 e. The molecule has 0 radical (unpaired) electrons. The van der Waals surface area contributed by atoms with Crippen LogP contribution in [-0.2, 0) is 27.9 Å². The van der Waals surface area contributed by atoms with Gasteiger partial charge in [0.15, 0.2) is 0 Å². The Balaban J connectivity index is 2.41. The van der Waals surface area contributed by atoms with Gasteiger partial charge in [-0.15, -0.1) is 0 Å². The first-order chi connectivity index (χ1) is 6.63. The molecule has 0 aromatic carbocycles. The van der Waals surface area contributed by atoms with E-state index in [4.69, 9.17) is 0 Å². The lowest BCUT2D eigenvalue weighted by atomic mass is 10.3. The summed E-state index contributed by atoms with van der Waals surface area (Å²) in [5.41, 5.74) is 0.824. The van der Waals surface area contributed by atoms with Crippen molar-refractivity contribution in [3.63, 3.8) is 0 Å². The molecule has 0 spiro atoms. The van der Waals surface area contributed by atoms with Gasteiger partial charge in [0.25, 0.3) is 0 Å². The minimum Gasteiger partial charge on any atom is -0.462 e. The summed E-state index contributed by atoms with van der Waals surface area (Å²) in [7, 11) is 2.93. The number of hydrogen-bond donors (Lipinski definition) is 1. The molecule has 0 aliphatic rings. The van der Waals surface area contributed by atoms with E-state index in [1.165, 1.54) is 0 Å². The topological polar surface area (TPSA) is 73.2 Å². The molecule has 1 heterocycles. The minimum atomic E-state index is -0.895. The fourth-order valence-corrected chi connectivity index (χ4v) is 0.910. The van der Waals surface area contributed by atoms with Crippen LogP contribution in [-0.4, -0.2) is 28.8 Å². The predicted molar refractivity (Wildman–Crippen MR) is 47.1 cm³/mol. The summed E-state index contributed by atoms with van der Waals surface area (Å²) in [6, 6.07) is 0. The van der Waals surface area contributed by atoms with Crippen molar-refractivity contribution in [3.05, 3.63) is 18.0 Å². The predicted octanol–water partition coefficient (Wildman–Crippen LogP) is -0.791. The molecule has 0 aliphatic heterocycles. The first-order valence-corrected chi connectivity index (χ1v) is 3.97. The van der Waals surface area contributed by atoms with Crippen molar-refractivity contribution in [1.29, 1.82) is 0 Å². The van der Waals surface area contributed by atoms with Gasteiger partial charge in [-0.2, -0.15) is 5.10 Å². The molecule has 14 heavy (non-hydrogen) atoms. The summed E-state index contributed by atoms with van der Waals surface area (Å²) in [4.78, 5) is 21.6. The molecule has 0 unspecified atom stereocenters. The van der Waals surface area contributed by atoms with Crippen LogP contribution in [0.15, 0.2) is 12.4 Å². The lowest BCUT2D eigenvalue weighted by Crippen LogP contribution is -2.31. The largest absolute Gasteiger partial charge is 0.462 e. The van der Waals surface area contributed by atoms with Gasteiger partial charge in [-0.05, 0) is 0 Å². The van der Waals surface area contributed by atoms with Crippen molar-refractivity contribution in [1.82, 2.24) is 15.1 Å². The highest BCUT2D eigenvalue weighted by Crippen LogP contribution is 1.94. The molecule has 0 saturated carbocycles. The summed E-state index contributed by atoms with van der Waals surface area (Å²) in [6.07, 6.45) is 3.36. The number of aromatic nitrogens is 2. The van der Waals surface area contributed by atoms with Gasteiger partial charge in [0.05, 0.1) is 13.3 Å². The average molecular weight is 197 g/mol. The quantitative estimate of drug-likeness (QED) is 0.498. The van der Waals surface area contributed by atoms with Crippen molar-refractivity contribution in [2.24, 2.45) is 7.05 Å². The summed E-state index contributed by atoms with van der Waals surface area (Å²) in [5.74, 6) is -1.65. The van der Waals surface area contributed by atoms with Crippen LogP contribution < -0.4 is 5.32 Å². The Kier molecular flexibility index (Phi) is 3.22. The van der Waals surface area contributed by atoms with E-state index >= 15 is 0 Å². The first-order valence-electron chi connectivity index (χ1n) is 3.97. The number of carbonyl (C=O) groups is 2. The van der Waals surface area contributed by atoms with E-state index in [0.717, 1.165) is 12.7 Å². The monoisotopic (exact) mass is 197 g/mol. The van der Waals surface area contributed by atoms with Crippen LogP contribution in [0, 0.1) is 0 Å². The number of nitrogens with zero attached hydrogens (tertiary/aromatic N) is 2. The van der Waals surface area contributed by atoms with Crippen LogP contribution in [0.3, 0.4) is 0 Å². The van der Waals surface area contributed by atoms with E-state index in [1.54, 1.807) is 24.1 Å². The molecule has 1 amide bonds. The van der Waals surface area contributed by atoms with E-state index in [2.05, 4.69) is 15.2 Å². The van der Waals surface area contributed by atoms with Crippen LogP contribution >= 0.6 is 0 Å². The van der Waals surface area contributed by atoms with Crippen LogP contribution in [0.1, 0.15) is 5.56 Å². The lowest BCUT2D eigenvalue weighted by Gasteiger charge is -2.00. The molecule has 6 heteroatoms. The fourth-order valence-electron chi connectivity index (χ4n) is 0.910. The number of carbonyl (C=O) groups excluding carboxylic acids is 2. The molecule has 0 bridgehead atoms. The van der Waals surface area contributed by atoms with Crippen molar-refractivity contribution < 1.29 is 14.3 Å². The molecule has 1 N–H and O–H groups in total. The van der Waals surface area contributed by atoms with Crippen molar-refractivity contribution >= 4 is 11.9 Å². The van der Waals surface area contributed by atoms with Gasteiger partial charge >= 0.3 is 11.9 Å². The number of methoxy groups -OCH3 is 1.